The van der Waals surface area contributed by atoms with Crippen LogP contribution in [0.4, 0.5) is 0 Å². The van der Waals surface area contributed by atoms with Gasteiger partial charge in [0.25, 0.3) is 0 Å². The Labute approximate surface area is 128 Å². The van der Waals surface area contributed by atoms with Crippen LogP contribution < -0.4 is 0 Å². The number of rotatable bonds is 0. The lowest BCUT2D eigenvalue weighted by Gasteiger charge is -1.91. The van der Waals surface area contributed by atoms with Crippen LogP contribution in [0.2, 0.25) is 0 Å². The maximum atomic E-state index is 8.88. The van der Waals surface area contributed by atoms with Gasteiger partial charge >= 0.3 is 7.82 Å². The lowest BCUT2D eigenvalue weighted by molar-refractivity contribution is 0.275. The SMILES string of the molecule is Cc1ccncc1.O=P(O)(O)O.c1ccc2ncccc2c1. The van der Waals surface area contributed by atoms with E-state index in [1.54, 1.807) is 12.4 Å². The van der Waals surface area contributed by atoms with E-state index in [4.69, 9.17) is 19.2 Å². The molecule has 0 bridgehead atoms. The quantitative estimate of drug-likeness (QED) is 0.550. The summed E-state index contributed by atoms with van der Waals surface area (Å²) in [7, 11) is -4.64. The summed E-state index contributed by atoms with van der Waals surface area (Å²) in [6.45, 7) is 2.04. The lowest BCUT2D eigenvalue weighted by atomic mass is 10.2. The van der Waals surface area contributed by atoms with E-state index in [0.717, 1.165) is 5.52 Å². The van der Waals surface area contributed by atoms with Crippen molar-refractivity contribution >= 4 is 18.7 Å². The molecular weight excluding hydrogens is 303 g/mol. The van der Waals surface area contributed by atoms with Crippen molar-refractivity contribution in [3.05, 3.63) is 72.7 Å². The number of hydrogen-bond acceptors (Lipinski definition) is 3. The van der Waals surface area contributed by atoms with Crippen molar-refractivity contribution < 1.29 is 19.2 Å². The van der Waals surface area contributed by atoms with Gasteiger partial charge in [-0.2, -0.15) is 0 Å². The van der Waals surface area contributed by atoms with Gasteiger partial charge in [-0.15, -0.1) is 0 Å². The van der Waals surface area contributed by atoms with Crippen LogP contribution in [0, 0.1) is 6.92 Å². The Bertz CT molecular complexity index is 658. The molecule has 22 heavy (non-hydrogen) atoms. The molecule has 2 aromatic heterocycles. The Morgan fingerprint density at radius 1 is 0.864 bits per heavy atom. The van der Waals surface area contributed by atoms with Crippen LogP contribution in [0.25, 0.3) is 10.9 Å². The van der Waals surface area contributed by atoms with Crippen LogP contribution in [0.1, 0.15) is 5.56 Å². The monoisotopic (exact) mass is 320 g/mol. The van der Waals surface area contributed by atoms with Gasteiger partial charge in [-0.05, 0) is 36.8 Å². The van der Waals surface area contributed by atoms with Gasteiger partial charge in [-0.3, -0.25) is 9.97 Å². The predicted octanol–water partition coefficient (Wildman–Crippen LogP) is 2.70. The van der Waals surface area contributed by atoms with E-state index < -0.39 is 7.82 Å². The van der Waals surface area contributed by atoms with Gasteiger partial charge in [-0.1, -0.05) is 24.3 Å². The van der Waals surface area contributed by atoms with Crippen molar-refractivity contribution in [2.45, 2.75) is 6.92 Å². The summed E-state index contributed by atoms with van der Waals surface area (Å²) in [5, 5.41) is 1.20. The number of aromatic nitrogens is 2. The minimum Gasteiger partial charge on any atom is -0.303 e. The van der Waals surface area contributed by atoms with Gasteiger partial charge in [0.05, 0.1) is 5.52 Å². The number of benzene rings is 1. The van der Waals surface area contributed by atoms with Gasteiger partial charge < -0.3 is 14.7 Å². The molecule has 6 nitrogen and oxygen atoms in total. The van der Waals surface area contributed by atoms with Crippen LogP contribution in [-0.4, -0.2) is 24.6 Å². The van der Waals surface area contributed by atoms with Gasteiger partial charge in [0.15, 0.2) is 0 Å². The van der Waals surface area contributed by atoms with Crippen molar-refractivity contribution in [2.24, 2.45) is 0 Å². The number of aryl methyl sites for hydroxylation is 1. The normalized spacial score (nSPS) is 10.0. The molecule has 0 fully saturated rings. The van der Waals surface area contributed by atoms with E-state index in [9.17, 15) is 0 Å². The van der Waals surface area contributed by atoms with E-state index in [1.165, 1.54) is 10.9 Å². The van der Waals surface area contributed by atoms with Crippen molar-refractivity contribution in [1.29, 1.82) is 0 Å². The number of phosphoric acid groups is 1. The maximum absolute atomic E-state index is 8.88. The zero-order valence-corrected chi connectivity index (χ0v) is 12.8. The summed E-state index contributed by atoms with van der Waals surface area (Å²) in [5.41, 5.74) is 2.32. The van der Waals surface area contributed by atoms with E-state index in [0.29, 0.717) is 0 Å². The number of pyridine rings is 2. The van der Waals surface area contributed by atoms with Crippen LogP contribution in [0.15, 0.2) is 67.1 Å². The zero-order chi connectivity index (χ0) is 16.4. The summed E-state index contributed by atoms with van der Waals surface area (Å²) in [6.07, 6.45) is 5.38. The third kappa shape index (κ3) is 8.94. The molecule has 0 radical (unpaired) electrons. The van der Waals surface area contributed by atoms with Crippen LogP contribution in [0.5, 0.6) is 0 Å². The van der Waals surface area contributed by atoms with Gasteiger partial charge in [-0.25, -0.2) is 4.57 Å². The second kappa shape index (κ2) is 9.02. The summed E-state index contributed by atoms with van der Waals surface area (Å²) in [4.78, 5) is 29.6. The molecule has 0 saturated heterocycles. The molecule has 116 valence electrons. The first-order chi connectivity index (χ1) is 10.4. The molecule has 3 aromatic rings. The lowest BCUT2D eigenvalue weighted by Crippen LogP contribution is -1.73. The van der Waals surface area contributed by atoms with Gasteiger partial charge in [0.2, 0.25) is 0 Å². The standard InChI is InChI=1S/C9H7N.C6H7N.H3O4P/c1-2-6-9-8(4-1)5-3-7-10-9;1-6-2-4-7-5-3-6;1-5(2,3)4/h1-7H;2-5H,1H3;(H3,1,2,3,4). The van der Waals surface area contributed by atoms with E-state index >= 15 is 0 Å². The zero-order valence-electron chi connectivity index (χ0n) is 11.9. The molecule has 0 spiro atoms. The molecule has 0 atom stereocenters. The third-order valence-electron chi connectivity index (χ3n) is 2.36. The Balaban J connectivity index is 0.000000178. The highest BCUT2D eigenvalue weighted by Gasteiger charge is 2.00. The summed E-state index contributed by atoms with van der Waals surface area (Å²) >= 11 is 0. The van der Waals surface area contributed by atoms with Crippen molar-refractivity contribution in [3.63, 3.8) is 0 Å². The minimum atomic E-state index is -4.64. The average molecular weight is 320 g/mol. The molecule has 3 rings (SSSR count). The highest BCUT2D eigenvalue weighted by atomic mass is 31.2. The maximum Gasteiger partial charge on any atom is 0.466 e. The van der Waals surface area contributed by atoms with Crippen LogP contribution >= 0.6 is 7.82 Å². The molecule has 0 amide bonds. The topological polar surface area (TPSA) is 104 Å². The number of hydrogen-bond donors (Lipinski definition) is 3. The number of para-hydroxylation sites is 1. The highest BCUT2D eigenvalue weighted by Crippen LogP contribution is 2.25. The molecule has 1 aromatic carbocycles. The fourth-order valence-corrected chi connectivity index (χ4v) is 1.44. The van der Waals surface area contributed by atoms with E-state index in [-0.39, 0.29) is 0 Å². The molecule has 2 heterocycles. The van der Waals surface area contributed by atoms with Crippen molar-refractivity contribution in [1.82, 2.24) is 9.97 Å². The summed E-state index contributed by atoms with van der Waals surface area (Å²) < 4.78 is 8.88. The first-order valence-electron chi connectivity index (χ1n) is 6.31. The fourth-order valence-electron chi connectivity index (χ4n) is 1.44. The van der Waals surface area contributed by atoms with Crippen molar-refractivity contribution in [3.8, 4) is 0 Å². The first kappa shape index (κ1) is 17.9. The van der Waals surface area contributed by atoms with Crippen LogP contribution in [-0.2, 0) is 4.57 Å². The highest BCUT2D eigenvalue weighted by molar-refractivity contribution is 7.45. The Morgan fingerprint density at radius 2 is 1.41 bits per heavy atom. The molecular formula is C15H17N2O4P. The Kier molecular flexibility index (Phi) is 7.36. The smallest absolute Gasteiger partial charge is 0.303 e. The second-order valence-electron chi connectivity index (χ2n) is 4.23. The van der Waals surface area contributed by atoms with E-state index in [2.05, 4.69) is 22.1 Å². The molecule has 3 N–H and O–H groups in total. The molecule has 0 aliphatic rings. The number of nitrogens with zero attached hydrogens (tertiary/aromatic N) is 2. The minimum absolute atomic E-state index is 1.06. The fraction of sp³-hybridized carbons (Fsp3) is 0.0667. The molecule has 7 heteroatoms. The summed E-state index contributed by atoms with van der Waals surface area (Å²) in [6, 6.07) is 16.0. The van der Waals surface area contributed by atoms with Gasteiger partial charge in [0, 0.05) is 24.0 Å². The molecule has 0 aliphatic carbocycles. The molecule has 0 unspecified atom stereocenters. The molecule has 0 aliphatic heterocycles. The van der Waals surface area contributed by atoms with Gasteiger partial charge in [0.1, 0.15) is 0 Å². The molecule has 0 saturated carbocycles. The Morgan fingerprint density at radius 3 is 1.91 bits per heavy atom. The predicted molar refractivity (Wildman–Crippen MR) is 85.0 cm³/mol. The third-order valence-corrected chi connectivity index (χ3v) is 2.36. The largest absolute Gasteiger partial charge is 0.466 e. The van der Waals surface area contributed by atoms with Crippen molar-refractivity contribution in [2.75, 3.05) is 0 Å². The first-order valence-corrected chi connectivity index (χ1v) is 7.87. The van der Waals surface area contributed by atoms with E-state index in [1.807, 2.05) is 49.5 Å². The average Bonchev–Trinajstić information content (AvgIpc) is 2.47. The Hall–Kier alpha value is -2.11. The second-order valence-corrected chi connectivity index (χ2v) is 5.26. The number of fused-ring (bicyclic) bond motifs is 1. The van der Waals surface area contributed by atoms with Crippen LogP contribution in [0.3, 0.4) is 0 Å². The summed E-state index contributed by atoms with van der Waals surface area (Å²) in [5.74, 6) is 0.